The summed E-state index contributed by atoms with van der Waals surface area (Å²) in [5.74, 6) is 7.18. The van der Waals surface area contributed by atoms with Crippen LogP contribution in [0.2, 0.25) is 17.3 Å². The molecule has 3 heterocycles. The van der Waals surface area contributed by atoms with Crippen LogP contribution in [-0.2, 0) is 20.1 Å². The number of nitrogens with zero attached hydrogens (tertiary/aromatic N) is 2. The van der Waals surface area contributed by atoms with Crippen LogP contribution in [0.4, 0.5) is 0 Å². The fraction of sp³-hybridized carbons (Fsp3) is 0.0968. The first-order valence-corrected chi connectivity index (χ1v) is 19.0. The van der Waals surface area contributed by atoms with E-state index >= 15 is 0 Å². The van der Waals surface area contributed by atoms with E-state index in [9.17, 15) is 0 Å². The second kappa shape index (κ2) is 11.3. The van der Waals surface area contributed by atoms with E-state index in [-0.39, 0.29) is 20.1 Å². The third kappa shape index (κ3) is 5.67. The SMILES string of the molecule is [CH3][Ge]([CH3])([CH3])[c]1cccc2c1oc1cc(-c3[c-]cccc3)ncc12.[Ir].[c-]1ccccc1-c1ccccn1. The van der Waals surface area contributed by atoms with Crippen LogP contribution in [0.25, 0.3) is 44.5 Å². The molecule has 0 unspecified atom stereocenters. The van der Waals surface area contributed by atoms with Gasteiger partial charge in [-0.2, -0.15) is 0 Å². The molecule has 36 heavy (non-hydrogen) atoms. The normalized spacial score (nSPS) is 11.0. The topological polar surface area (TPSA) is 38.9 Å². The molecule has 0 saturated heterocycles. The van der Waals surface area contributed by atoms with Gasteiger partial charge in [0, 0.05) is 26.3 Å². The first-order chi connectivity index (χ1) is 17.0. The van der Waals surface area contributed by atoms with E-state index in [1.54, 1.807) is 6.20 Å². The average molecular weight is 707 g/mol. The number of fused-ring (bicyclic) bond motifs is 3. The van der Waals surface area contributed by atoms with Crippen molar-refractivity contribution >= 4 is 39.6 Å². The monoisotopic (exact) mass is 709 g/mol. The quantitative estimate of drug-likeness (QED) is 0.141. The van der Waals surface area contributed by atoms with Crippen LogP contribution in [0.1, 0.15) is 0 Å². The van der Waals surface area contributed by atoms with Gasteiger partial charge in [-0.25, -0.2) is 0 Å². The summed E-state index contributed by atoms with van der Waals surface area (Å²) in [6, 6.07) is 36.5. The van der Waals surface area contributed by atoms with Gasteiger partial charge in [-0.05, 0) is 11.8 Å². The standard InChI is InChI=1S/C20H18GeNO.C11H8N.Ir/c1-21(2,3)17-11-7-10-15-16-13-22-18(12-19(16)23-20(15)17)14-8-5-4-6-9-14;1-2-6-10(7-3-1)11-8-4-5-9-12-11;/h4-8,10-13H,1-3H3;1-6,8-9H;/q2*-1;. The number of para-hydroxylation sites is 1. The Balaban J connectivity index is 0.000000198. The van der Waals surface area contributed by atoms with Crippen LogP contribution in [-0.4, -0.2) is 23.2 Å². The maximum absolute atomic E-state index is 6.27. The van der Waals surface area contributed by atoms with Crippen LogP contribution < -0.4 is 4.40 Å². The smallest absolute Gasteiger partial charge is 0.0160 e. The molecule has 5 heteroatoms. The summed E-state index contributed by atoms with van der Waals surface area (Å²) in [7, 11) is 0. The molecule has 0 aliphatic rings. The second-order valence-corrected chi connectivity index (χ2v) is 19.9. The van der Waals surface area contributed by atoms with Gasteiger partial charge in [0.05, 0.1) is 0 Å². The number of hydrogen-bond acceptors (Lipinski definition) is 3. The molecule has 0 atom stereocenters. The fourth-order valence-electron chi connectivity index (χ4n) is 4.06. The number of hydrogen-bond donors (Lipinski definition) is 0. The molecule has 0 amide bonds. The van der Waals surface area contributed by atoms with E-state index in [2.05, 4.69) is 57.6 Å². The zero-order valence-electron chi connectivity index (χ0n) is 20.5. The fourth-order valence-corrected chi connectivity index (χ4v) is 7.13. The first kappa shape index (κ1) is 26.0. The third-order valence-electron chi connectivity index (χ3n) is 5.83. The molecule has 1 radical (unpaired) electrons. The molecule has 0 saturated carbocycles. The molecule has 0 bridgehead atoms. The Bertz CT molecular complexity index is 1520. The van der Waals surface area contributed by atoms with Crippen molar-refractivity contribution in [1.29, 1.82) is 0 Å². The summed E-state index contributed by atoms with van der Waals surface area (Å²) in [6.45, 7) is 0. The van der Waals surface area contributed by atoms with E-state index in [0.717, 1.165) is 39.1 Å². The minimum absolute atomic E-state index is 0. The van der Waals surface area contributed by atoms with Crippen molar-refractivity contribution in [2.45, 2.75) is 17.3 Å². The van der Waals surface area contributed by atoms with E-state index in [1.165, 1.54) is 9.78 Å². The molecule has 6 rings (SSSR count). The van der Waals surface area contributed by atoms with Crippen molar-refractivity contribution in [1.82, 2.24) is 9.97 Å². The van der Waals surface area contributed by atoms with Crippen LogP contribution >= 0.6 is 0 Å². The minimum Gasteiger partial charge on any atom is -0.305 e. The number of furan rings is 1. The zero-order chi connectivity index (χ0) is 24.3. The van der Waals surface area contributed by atoms with Gasteiger partial charge in [0.25, 0.3) is 0 Å². The Kier molecular flexibility index (Phi) is 8.20. The molecule has 3 aromatic carbocycles. The summed E-state index contributed by atoms with van der Waals surface area (Å²) in [4.78, 5) is 8.83. The van der Waals surface area contributed by atoms with Gasteiger partial charge in [-0.1, -0.05) is 12.1 Å². The van der Waals surface area contributed by atoms with Crippen LogP contribution in [0, 0.1) is 12.1 Å². The van der Waals surface area contributed by atoms with Crippen molar-refractivity contribution in [3.63, 3.8) is 0 Å². The maximum Gasteiger partial charge on any atom is 0.0160 e. The predicted molar refractivity (Wildman–Crippen MR) is 147 cm³/mol. The first-order valence-electron chi connectivity index (χ1n) is 11.7. The van der Waals surface area contributed by atoms with Crippen molar-refractivity contribution in [3.8, 4) is 22.5 Å². The molecule has 0 fully saturated rings. The molecule has 6 aromatic rings. The van der Waals surface area contributed by atoms with Crippen LogP contribution in [0.5, 0.6) is 0 Å². The number of rotatable bonds is 3. The van der Waals surface area contributed by atoms with E-state index < -0.39 is 13.3 Å². The van der Waals surface area contributed by atoms with Crippen molar-refractivity contribution < 1.29 is 24.5 Å². The Morgan fingerprint density at radius 1 is 0.694 bits per heavy atom. The van der Waals surface area contributed by atoms with E-state index in [4.69, 9.17) is 4.42 Å². The Morgan fingerprint density at radius 2 is 1.39 bits per heavy atom. The Labute approximate surface area is 228 Å². The summed E-state index contributed by atoms with van der Waals surface area (Å²) >= 11 is -1.98. The summed E-state index contributed by atoms with van der Waals surface area (Å²) in [5, 5.41) is 2.27. The molecule has 0 aliphatic carbocycles. The van der Waals surface area contributed by atoms with Gasteiger partial charge in [-0.15, -0.1) is 35.9 Å². The molecule has 0 aliphatic heterocycles. The van der Waals surface area contributed by atoms with Crippen LogP contribution in [0.15, 0.2) is 108 Å². The largest absolute Gasteiger partial charge is 0.305 e. The molecular weight excluding hydrogens is 681 g/mol. The predicted octanol–water partition coefficient (Wildman–Crippen LogP) is 7.54. The number of benzene rings is 3. The molecule has 3 nitrogen and oxygen atoms in total. The summed E-state index contributed by atoms with van der Waals surface area (Å²) < 4.78 is 7.67. The molecule has 0 N–H and O–H groups in total. The van der Waals surface area contributed by atoms with Gasteiger partial charge in [0.1, 0.15) is 0 Å². The average Bonchev–Trinajstić information content (AvgIpc) is 3.28. The second-order valence-electron chi connectivity index (χ2n) is 9.37. The molecule has 181 valence electrons. The molecular formula is C31H26GeIrN2O-2. The number of pyridine rings is 2. The molecule has 0 spiro atoms. The van der Waals surface area contributed by atoms with Gasteiger partial charge in [-0.3, -0.25) is 0 Å². The summed E-state index contributed by atoms with van der Waals surface area (Å²) in [5.41, 5.74) is 5.85. The van der Waals surface area contributed by atoms with E-state index in [0.29, 0.717) is 0 Å². The van der Waals surface area contributed by atoms with E-state index in [1.807, 2.05) is 79.0 Å². The zero-order valence-corrected chi connectivity index (χ0v) is 24.9. The molecule has 3 aromatic heterocycles. The van der Waals surface area contributed by atoms with Crippen LogP contribution in [0.3, 0.4) is 0 Å². The minimum atomic E-state index is -1.98. The Hall–Kier alpha value is -3.05. The maximum atomic E-state index is 6.27. The summed E-state index contributed by atoms with van der Waals surface area (Å²) in [6.07, 6.45) is 3.72. The van der Waals surface area contributed by atoms with Gasteiger partial charge in [0.15, 0.2) is 0 Å². The van der Waals surface area contributed by atoms with Gasteiger partial charge < -0.3 is 4.98 Å². The number of aromatic nitrogens is 2. The van der Waals surface area contributed by atoms with Crippen molar-refractivity contribution in [2.75, 3.05) is 0 Å². The van der Waals surface area contributed by atoms with Crippen molar-refractivity contribution in [3.05, 3.63) is 116 Å². The third-order valence-corrected chi connectivity index (χ3v) is 10.0. The van der Waals surface area contributed by atoms with Crippen molar-refractivity contribution in [2.24, 2.45) is 0 Å². The van der Waals surface area contributed by atoms with Gasteiger partial charge >= 0.3 is 138 Å². The Morgan fingerprint density at radius 3 is 2.00 bits per heavy atom. The van der Waals surface area contributed by atoms with Gasteiger partial charge in [0.2, 0.25) is 0 Å².